The van der Waals surface area contributed by atoms with Crippen LogP contribution in [0.5, 0.6) is 0 Å². The molecule has 0 aliphatic heterocycles. The minimum absolute atomic E-state index is 0.119. The summed E-state index contributed by atoms with van der Waals surface area (Å²) in [6.07, 6.45) is 3.30. The zero-order valence-electron chi connectivity index (χ0n) is 13.7. The van der Waals surface area contributed by atoms with E-state index < -0.39 is 0 Å². The molecule has 0 atom stereocenters. The predicted octanol–water partition coefficient (Wildman–Crippen LogP) is 0.910. The van der Waals surface area contributed by atoms with E-state index in [-0.39, 0.29) is 11.5 Å². The van der Waals surface area contributed by atoms with E-state index >= 15 is 0 Å². The smallest absolute Gasteiger partial charge is 0.271 e. The Morgan fingerprint density at radius 1 is 1.26 bits per heavy atom. The number of carbonyl (C=O) groups excluding carboxylic acids is 1. The summed E-state index contributed by atoms with van der Waals surface area (Å²) in [7, 11) is 5.67. The second kappa shape index (κ2) is 7.60. The van der Waals surface area contributed by atoms with Gasteiger partial charge in [0, 0.05) is 25.7 Å². The van der Waals surface area contributed by atoms with Crippen LogP contribution in [0.3, 0.4) is 0 Å². The van der Waals surface area contributed by atoms with Gasteiger partial charge in [-0.05, 0) is 26.2 Å². The molecule has 0 saturated carbocycles. The normalized spacial score (nSPS) is 11.3. The maximum atomic E-state index is 12.2. The molecule has 122 valence electrons. The molecule has 1 N–H and O–H groups in total. The molecule has 0 aliphatic rings. The fourth-order valence-electron chi connectivity index (χ4n) is 2.22. The molecule has 1 heterocycles. The number of hydrogen-bond acceptors (Lipinski definition) is 3. The Morgan fingerprint density at radius 3 is 2.61 bits per heavy atom. The average Bonchev–Trinajstić information content (AvgIpc) is 2.80. The molecule has 0 spiro atoms. The first-order chi connectivity index (χ1) is 11.0. The first-order valence-corrected chi connectivity index (χ1v) is 7.41. The summed E-state index contributed by atoms with van der Waals surface area (Å²) in [5.41, 5.74) is 1.42. The van der Waals surface area contributed by atoms with Gasteiger partial charge in [-0.15, -0.1) is 0 Å². The summed E-state index contributed by atoms with van der Waals surface area (Å²) in [6, 6.07) is 10.9. The number of aromatic nitrogens is 2. The first kappa shape index (κ1) is 16.8. The molecule has 23 heavy (non-hydrogen) atoms. The lowest BCUT2D eigenvalue weighted by molar-refractivity contribution is -0.116. The Labute approximate surface area is 135 Å². The van der Waals surface area contributed by atoms with Crippen LogP contribution < -0.4 is 10.9 Å². The van der Waals surface area contributed by atoms with Gasteiger partial charge in [0.05, 0.1) is 17.9 Å². The predicted molar refractivity (Wildman–Crippen MR) is 90.6 cm³/mol. The molecular formula is C17H22N4O2. The molecule has 2 rings (SSSR count). The number of carbonyl (C=O) groups is 1. The van der Waals surface area contributed by atoms with Gasteiger partial charge in [-0.25, -0.2) is 4.68 Å². The fraction of sp³-hybridized carbons (Fsp3) is 0.294. The minimum atomic E-state index is -0.174. The van der Waals surface area contributed by atoms with Crippen LogP contribution in [0.2, 0.25) is 0 Å². The van der Waals surface area contributed by atoms with Crippen LogP contribution in [-0.2, 0) is 18.4 Å². The van der Waals surface area contributed by atoms with Gasteiger partial charge in [0.2, 0.25) is 5.91 Å². The lowest BCUT2D eigenvalue weighted by atomic mass is 10.3. The van der Waals surface area contributed by atoms with E-state index in [4.69, 9.17) is 0 Å². The third-order valence-electron chi connectivity index (χ3n) is 3.40. The molecule has 0 saturated heterocycles. The molecule has 0 bridgehead atoms. The number of hydrogen-bond donors (Lipinski definition) is 1. The van der Waals surface area contributed by atoms with E-state index in [0.29, 0.717) is 13.1 Å². The van der Waals surface area contributed by atoms with E-state index in [1.807, 2.05) is 49.3 Å². The average molecular weight is 314 g/mol. The van der Waals surface area contributed by atoms with Crippen molar-refractivity contribution >= 4 is 5.91 Å². The number of amides is 1. The Bertz CT molecular complexity index is 742. The SMILES string of the molecule is CN(C)C/C=C/C(=O)NCc1cc(=O)n(-c2ccccc2)n1C. The van der Waals surface area contributed by atoms with E-state index in [0.717, 1.165) is 11.4 Å². The van der Waals surface area contributed by atoms with Gasteiger partial charge in [-0.2, -0.15) is 0 Å². The van der Waals surface area contributed by atoms with Gasteiger partial charge < -0.3 is 10.2 Å². The van der Waals surface area contributed by atoms with Gasteiger partial charge in [-0.3, -0.25) is 14.3 Å². The Kier molecular flexibility index (Phi) is 5.54. The van der Waals surface area contributed by atoms with Crippen molar-refractivity contribution in [3.8, 4) is 5.69 Å². The van der Waals surface area contributed by atoms with Crippen LogP contribution in [0.1, 0.15) is 5.69 Å². The number of rotatable bonds is 6. The van der Waals surface area contributed by atoms with Crippen molar-refractivity contribution in [2.45, 2.75) is 6.54 Å². The topological polar surface area (TPSA) is 59.3 Å². The van der Waals surface area contributed by atoms with Crippen molar-refractivity contribution in [1.29, 1.82) is 0 Å². The molecular weight excluding hydrogens is 292 g/mol. The number of nitrogens with zero attached hydrogens (tertiary/aromatic N) is 3. The number of para-hydroxylation sites is 1. The summed E-state index contributed by atoms with van der Waals surface area (Å²) in [5, 5.41) is 2.79. The summed E-state index contributed by atoms with van der Waals surface area (Å²) in [5.74, 6) is -0.174. The van der Waals surface area contributed by atoms with Crippen LogP contribution in [0.15, 0.2) is 53.3 Å². The van der Waals surface area contributed by atoms with Crippen LogP contribution in [-0.4, -0.2) is 40.8 Å². The maximum absolute atomic E-state index is 12.2. The standard InChI is InChI=1S/C17H22N4O2/c1-19(2)11-7-10-16(22)18-13-15-12-17(23)21(20(15)3)14-8-5-4-6-9-14/h4-10,12H,11,13H2,1-3H3,(H,18,22)/b10-7+. The zero-order chi connectivity index (χ0) is 16.8. The van der Waals surface area contributed by atoms with E-state index in [2.05, 4.69) is 5.32 Å². The molecule has 6 nitrogen and oxygen atoms in total. The van der Waals surface area contributed by atoms with E-state index in [1.165, 1.54) is 12.1 Å². The quantitative estimate of drug-likeness (QED) is 0.806. The first-order valence-electron chi connectivity index (χ1n) is 7.41. The molecule has 1 aromatic carbocycles. The van der Waals surface area contributed by atoms with Gasteiger partial charge in [0.15, 0.2) is 0 Å². The fourth-order valence-corrected chi connectivity index (χ4v) is 2.22. The van der Waals surface area contributed by atoms with E-state index in [9.17, 15) is 9.59 Å². The summed E-state index contributed by atoms with van der Waals surface area (Å²) < 4.78 is 3.32. The third kappa shape index (κ3) is 4.43. The van der Waals surface area contributed by atoms with Gasteiger partial charge in [0.25, 0.3) is 5.56 Å². The Morgan fingerprint density at radius 2 is 1.96 bits per heavy atom. The van der Waals surface area contributed by atoms with Crippen molar-refractivity contribution in [3.63, 3.8) is 0 Å². The van der Waals surface area contributed by atoms with Crippen LogP contribution in [0, 0.1) is 0 Å². The number of benzene rings is 1. The summed E-state index contributed by atoms with van der Waals surface area (Å²) >= 11 is 0. The van der Waals surface area contributed by atoms with Crippen molar-refractivity contribution in [2.24, 2.45) is 7.05 Å². The molecule has 0 fully saturated rings. The zero-order valence-corrected chi connectivity index (χ0v) is 13.7. The monoisotopic (exact) mass is 314 g/mol. The highest BCUT2D eigenvalue weighted by Crippen LogP contribution is 2.06. The highest BCUT2D eigenvalue weighted by Gasteiger charge is 2.10. The summed E-state index contributed by atoms with van der Waals surface area (Å²) in [4.78, 5) is 25.9. The van der Waals surface area contributed by atoms with Gasteiger partial charge in [0.1, 0.15) is 0 Å². The van der Waals surface area contributed by atoms with Crippen LogP contribution >= 0.6 is 0 Å². The highest BCUT2D eigenvalue weighted by atomic mass is 16.1. The van der Waals surface area contributed by atoms with Gasteiger partial charge >= 0.3 is 0 Å². The van der Waals surface area contributed by atoms with Crippen molar-refractivity contribution < 1.29 is 4.79 Å². The second-order valence-corrected chi connectivity index (χ2v) is 5.53. The molecule has 0 aliphatic carbocycles. The molecule has 6 heteroatoms. The van der Waals surface area contributed by atoms with Crippen LogP contribution in [0.25, 0.3) is 5.69 Å². The van der Waals surface area contributed by atoms with E-state index in [1.54, 1.807) is 22.5 Å². The molecule has 1 amide bonds. The van der Waals surface area contributed by atoms with Crippen molar-refractivity contribution in [3.05, 3.63) is 64.6 Å². The maximum Gasteiger partial charge on any atom is 0.271 e. The largest absolute Gasteiger partial charge is 0.347 e. The molecule has 0 radical (unpaired) electrons. The summed E-state index contributed by atoms with van der Waals surface area (Å²) in [6.45, 7) is 1.01. The lowest BCUT2D eigenvalue weighted by Crippen LogP contribution is -2.24. The Hall–Kier alpha value is -2.60. The highest BCUT2D eigenvalue weighted by molar-refractivity contribution is 5.87. The molecule has 1 aromatic heterocycles. The van der Waals surface area contributed by atoms with Crippen molar-refractivity contribution in [2.75, 3.05) is 20.6 Å². The second-order valence-electron chi connectivity index (χ2n) is 5.53. The number of nitrogens with one attached hydrogen (secondary N) is 1. The molecule has 0 unspecified atom stereocenters. The van der Waals surface area contributed by atoms with Crippen LogP contribution in [0.4, 0.5) is 0 Å². The number of likely N-dealkylation sites (N-methyl/N-ethyl adjacent to an activating group) is 1. The van der Waals surface area contributed by atoms with Crippen molar-refractivity contribution in [1.82, 2.24) is 19.6 Å². The Balaban J connectivity index is 2.07. The minimum Gasteiger partial charge on any atom is -0.347 e. The lowest BCUT2D eigenvalue weighted by Gasteiger charge is -2.10. The third-order valence-corrected chi connectivity index (χ3v) is 3.40. The molecule has 2 aromatic rings. The van der Waals surface area contributed by atoms with Gasteiger partial charge in [-0.1, -0.05) is 24.3 Å².